The molecule has 1 unspecified atom stereocenters. The van der Waals surface area contributed by atoms with Crippen LogP contribution >= 0.6 is 0 Å². The number of ether oxygens (including phenoxy) is 1. The second-order valence-electron chi connectivity index (χ2n) is 5.62. The Morgan fingerprint density at radius 1 is 1.17 bits per heavy atom. The quantitative estimate of drug-likeness (QED) is 0.828. The number of pyridine rings is 1. The highest BCUT2D eigenvalue weighted by molar-refractivity contribution is 7.89. The predicted molar refractivity (Wildman–Crippen MR) is 83.0 cm³/mol. The average Bonchev–Trinajstić information content (AvgIpc) is 3.03. The minimum Gasteiger partial charge on any atom is -0.493 e. The topological polar surface area (TPSA) is 59.5 Å². The molecule has 5 nitrogen and oxygen atoms in total. The summed E-state index contributed by atoms with van der Waals surface area (Å²) < 4.78 is 58.4. The second kappa shape index (κ2) is 6.82. The summed E-state index contributed by atoms with van der Waals surface area (Å²) in [6.45, 7) is 0.921. The van der Waals surface area contributed by atoms with Crippen molar-refractivity contribution < 1.29 is 21.9 Å². The van der Waals surface area contributed by atoms with Gasteiger partial charge in [0.15, 0.2) is 0 Å². The highest BCUT2D eigenvalue weighted by atomic mass is 32.2. The fourth-order valence-electron chi connectivity index (χ4n) is 2.63. The van der Waals surface area contributed by atoms with E-state index in [1.54, 1.807) is 24.5 Å². The first kappa shape index (κ1) is 16.8. The van der Waals surface area contributed by atoms with Crippen molar-refractivity contribution in [3.63, 3.8) is 0 Å². The van der Waals surface area contributed by atoms with E-state index >= 15 is 0 Å². The lowest BCUT2D eigenvalue weighted by molar-refractivity contribution is 0.255. The molecule has 0 aliphatic carbocycles. The Morgan fingerprint density at radius 3 is 2.50 bits per heavy atom. The molecule has 2 aromatic rings. The van der Waals surface area contributed by atoms with E-state index < -0.39 is 21.7 Å². The summed E-state index contributed by atoms with van der Waals surface area (Å²) in [5.74, 6) is -1.14. The number of rotatable bonds is 5. The Kier molecular flexibility index (Phi) is 4.77. The molecule has 0 saturated carbocycles. The first-order valence-corrected chi connectivity index (χ1v) is 8.88. The van der Waals surface area contributed by atoms with E-state index in [2.05, 4.69) is 4.98 Å². The van der Waals surface area contributed by atoms with Crippen LogP contribution in [-0.4, -0.2) is 37.4 Å². The van der Waals surface area contributed by atoms with Gasteiger partial charge in [-0.25, -0.2) is 17.2 Å². The maximum Gasteiger partial charge on any atom is 0.243 e. The van der Waals surface area contributed by atoms with Gasteiger partial charge in [0.05, 0.1) is 11.5 Å². The van der Waals surface area contributed by atoms with E-state index in [1.807, 2.05) is 0 Å². The summed E-state index contributed by atoms with van der Waals surface area (Å²) in [6.07, 6.45) is 3.85. The maximum absolute atomic E-state index is 13.3. The van der Waals surface area contributed by atoms with Crippen molar-refractivity contribution >= 4 is 10.0 Å². The van der Waals surface area contributed by atoms with Crippen LogP contribution < -0.4 is 4.74 Å². The van der Waals surface area contributed by atoms with Gasteiger partial charge in [0, 0.05) is 37.5 Å². The summed E-state index contributed by atoms with van der Waals surface area (Å²) in [7, 11) is -3.91. The lowest BCUT2D eigenvalue weighted by Crippen LogP contribution is -2.29. The van der Waals surface area contributed by atoms with Gasteiger partial charge in [-0.15, -0.1) is 0 Å². The van der Waals surface area contributed by atoms with E-state index in [0.717, 1.165) is 12.1 Å². The molecule has 128 valence electrons. The minimum absolute atomic E-state index is 0.0198. The Hall–Kier alpha value is -2.06. The van der Waals surface area contributed by atoms with Crippen molar-refractivity contribution in [2.24, 2.45) is 5.92 Å². The molecule has 1 aromatic carbocycles. The summed E-state index contributed by atoms with van der Waals surface area (Å²) in [5.41, 5.74) is 0. The summed E-state index contributed by atoms with van der Waals surface area (Å²) >= 11 is 0. The van der Waals surface area contributed by atoms with Crippen molar-refractivity contribution in [1.82, 2.24) is 9.29 Å². The summed E-state index contributed by atoms with van der Waals surface area (Å²) in [5, 5.41) is 0. The van der Waals surface area contributed by atoms with Gasteiger partial charge in [0.25, 0.3) is 0 Å². The van der Waals surface area contributed by atoms with Gasteiger partial charge in [-0.1, -0.05) is 0 Å². The van der Waals surface area contributed by atoms with Crippen LogP contribution in [0.5, 0.6) is 5.75 Å². The third kappa shape index (κ3) is 3.70. The van der Waals surface area contributed by atoms with Crippen LogP contribution in [0.15, 0.2) is 47.6 Å². The molecule has 0 N–H and O–H groups in total. The van der Waals surface area contributed by atoms with E-state index in [-0.39, 0.29) is 17.4 Å². The number of benzene rings is 1. The van der Waals surface area contributed by atoms with Gasteiger partial charge in [-0.2, -0.15) is 4.31 Å². The lowest BCUT2D eigenvalue weighted by Gasteiger charge is -2.17. The molecule has 1 atom stereocenters. The van der Waals surface area contributed by atoms with Gasteiger partial charge in [-0.05, 0) is 30.7 Å². The van der Waals surface area contributed by atoms with Crippen LogP contribution in [0.25, 0.3) is 0 Å². The zero-order valence-electron chi connectivity index (χ0n) is 12.7. The zero-order valence-corrected chi connectivity index (χ0v) is 13.5. The van der Waals surface area contributed by atoms with Crippen LogP contribution in [0, 0.1) is 17.6 Å². The normalized spacial score (nSPS) is 18.7. The molecular formula is C16H16F2N2O3S. The zero-order chi connectivity index (χ0) is 17.2. The fraction of sp³-hybridized carbons (Fsp3) is 0.312. The van der Waals surface area contributed by atoms with Crippen LogP contribution in [0.2, 0.25) is 0 Å². The van der Waals surface area contributed by atoms with Crippen molar-refractivity contribution in [1.29, 1.82) is 0 Å². The number of hydrogen-bond donors (Lipinski definition) is 0. The van der Waals surface area contributed by atoms with E-state index in [0.29, 0.717) is 31.4 Å². The molecule has 1 aromatic heterocycles. The largest absolute Gasteiger partial charge is 0.493 e. The van der Waals surface area contributed by atoms with Crippen LogP contribution in [0.4, 0.5) is 8.78 Å². The van der Waals surface area contributed by atoms with E-state index in [1.165, 1.54) is 4.31 Å². The van der Waals surface area contributed by atoms with Gasteiger partial charge in [0.1, 0.15) is 17.4 Å². The number of aromatic nitrogens is 1. The van der Waals surface area contributed by atoms with E-state index in [9.17, 15) is 17.2 Å². The third-order valence-corrected chi connectivity index (χ3v) is 5.70. The number of hydrogen-bond acceptors (Lipinski definition) is 4. The smallest absolute Gasteiger partial charge is 0.243 e. The molecule has 0 bridgehead atoms. The standard InChI is InChI=1S/C16H16F2N2O3S/c17-13-7-14(18)9-16(8-13)24(21,22)20-6-3-12(10-20)11-23-15-1-4-19-5-2-15/h1-2,4-5,7-9,12H,3,6,10-11H2. The number of sulfonamides is 1. The molecule has 1 aliphatic rings. The molecule has 1 fully saturated rings. The maximum atomic E-state index is 13.3. The summed E-state index contributed by atoms with van der Waals surface area (Å²) in [4.78, 5) is 3.52. The molecule has 2 heterocycles. The van der Waals surface area contributed by atoms with Gasteiger partial charge in [-0.3, -0.25) is 4.98 Å². The molecule has 8 heteroatoms. The van der Waals surface area contributed by atoms with Crippen molar-refractivity contribution in [3.05, 3.63) is 54.4 Å². The van der Waals surface area contributed by atoms with Crippen LogP contribution in [-0.2, 0) is 10.0 Å². The van der Waals surface area contributed by atoms with Crippen molar-refractivity contribution in [2.75, 3.05) is 19.7 Å². The molecular weight excluding hydrogens is 338 g/mol. The van der Waals surface area contributed by atoms with Gasteiger partial charge < -0.3 is 4.74 Å². The molecule has 1 aliphatic heterocycles. The van der Waals surface area contributed by atoms with Crippen molar-refractivity contribution in [2.45, 2.75) is 11.3 Å². The van der Waals surface area contributed by atoms with Crippen LogP contribution in [0.3, 0.4) is 0 Å². The SMILES string of the molecule is O=S(=O)(c1cc(F)cc(F)c1)N1CCC(COc2ccncc2)C1. The Balaban J connectivity index is 1.66. The number of nitrogens with zero attached hydrogens (tertiary/aromatic N) is 2. The minimum atomic E-state index is -3.91. The highest BCUT2D eigenvalue weighted by Gasteiger charge is 2.33. The Morgan fingerprint density at radius 2 is 1.83 bits per heavy atom. The fourth-order valence-corrected chi connectivity index (χ4v) is 4.20. The Bertz CT molecular complexity index is 795. The molecule has 0 amide bonds. The summed E-state index contributed by atoms with van der Waals surface area (Å²) in [6, 6.07) is 5.75. The molecule has 3 rings (SSSR count). The van der Waals surface area contributed by atoms with E-state index in [4.69, 9.17) is 4.74 Å². The first-order valence-electron chi connectivity index (χ1n) is 7.44. The second-order valence-corrected chi connectivity index (χ2v) is 7.55. The predicted octanol–water partition coefficient (Wildman–Crippen LogP) is 2.45. The molecule has 0 radical (unpaired) electrons. The third-order valence-electron chi connectivity index (χ3n) is 3.86. The monoisotopic (exact) mass is 354 g/mol. The number of halogens is 2. The molecule has 1 saturated heterocycles. The van der Waals surface area contributed by atoms with Crippen molar-refractivity contribution in [3.8, 4) is 5.75 Å². The Labute approximate surface area is 138 Å². The van der Waals surface area contributed by atoms with Gasteiger partial charge >= 0.3 is 0 Å². The average molecular weight is 354 g/mol. The first-order chi connectivity index (χ1) is 11.4. The lowest BCUT2D eigenvalue weighted by atomic mass is 10.1. The van der Waals surface area contributed by atoms with Gasteiger partial charge in [0.2, 0.25) is 10.0 Å². The van der Waals surface area contributed by atoms with Crippen LogP contribution in [0.1, 0.15) is 6.42 Å². The highest BCUT2D eigenvalue weighted by Crippen LogP contribution is 2.26. The molecule has 24 heavy (non-hydrogen) atoms. The molecule has 0 spiro atoms.